The molecule has 15 heavy (non-hydrogen) atoms. The Morgan fingerprint density at radius 3 is 2.60 bits per heavy atom. The smallest absolute Gasteiger partial charge is 0.125 e. The van der Waals surface area contributed by atoms with E-state index < -0.39 is 0 Å². The van der Waals surface area contributed by atoms with Gasteiger partial charge in [-0.15, -0.1) is 0 Å². The molecule has 0 amide bonds. The lowest BCUT2D eigenvalue weighted by molar-refractivity contribution is 0.628. The van der Waals surface area contributed by atoms with Crippen molar-refractivity contribution in [3.05, 3.63) is 58.9 Å². The maximum Gasteiger partial charge on any atom is 0.125 e. The van der Waals surface area contributed by atoms with Crippen molar-refractivity contribution < 1.29 is 4.39 Å². The van der Waals surface area contributed by atoms with E-state index in [0.717, 1.165) is 16.7 Å². The lowest BCUT2D eigenvalue weighted by atomic mass is 10.0. The van der Waals surface area contributed by atoms with E-state index in [-0.39, 0.29) is 5.82 Å². The molecule has 0 aromatic heterocycles. The molecule has 2 aromatic rings. The lowest BCUT2D eigenvalue weighted by Crippen LogP contribution is -1.82. The Morgan fingerprint density at radius 1 is 1.13 bits per heavy atom. The molecule has 0 heterocycles. The van der Waals surface area contributed by atoms with Gasteiger partial charge in [0.25, 0.3) is 0 Å². The van der Waals surface area contributed by atoms with Gasteiger partial charge < -0.3 is 0 Å². The average molecular weight is 220 g/mol. The fourth-order valence-corrected chi connectivity index (χ4v) is 1.71. The van der Waals surface area contributed by atoms with Crippen LogP contribution in [0.5, 0.6) is 0 Å². The van der Waals surface area contributed by atoms with E-state index in [0.29, 0.717) is 5.02 Å². The Bertz CT molecular complexity index is 471. The van der Waals surface area contributed by atoms with Crippen LogP contribution in [-0.4, -0.2) is 0 Å². The monoisotopic (exact) mass is 219 g/mol. The minimum atomic E-state index is -0.317. The summed E-state index contributed by atoms with van der Waals surface area (Å²) in [5, 5.41) is 0.412. The van der Waals surface area contributed by atoms with E-state index in [1.165, 1.54) is 12.1 Å². The third-order valence-corrected chi connectivity index (χ3v) is 2.36. The maximum absolute atomic E-state index is 13.1. The summed E-state index contributed by atoms with van der Waals surface area (Å²) >= 11 is 5.79. The Morgan fingerprint density at radius 2 is 1.93 bits per heavy atom. The normalized spacial score (nSPS) is 10.3. The van der Waals surface area contributed by atoms with E-state index in [4.69, 9.17) is 11.6 Å². The highest BCUT2D eigenvalue weighted by Gasteiger charge is 2.02. The van der Waals surface area contributed by atoms with Crippen LogP contribution in [0.3, 0.4) is 0 Å². The van der Waals surface area contributed by atoms with Crippen LogP contribution in [0.4, 0.5) is 4.39 Å². The molecule has 0 aliphatic carbocycles. The molecule has 75 valence electrons. The molecule has 0 atom stereocenters. The Hall–Kier alpha value is -1.34. The van der Waals surface area contributed by atoms with Crippen molar-refractivity contribution in [2.24, 2.45) is 0 Å². The molecule has 1 radical (unpaired) electrons. The zero-order valence-corrected chi connectivity index (χ0v) is 8.98. The van der Waals surface area contributed by atoms with E-state index in [9.17, 15) is 4.39 Å². The third kappa shape index (κ3) is 2.37. The third-order valence-electron chi connectivity index (χ3n) is 2.14. The second-order valence-corrected chi connectivity index (χ2v) is 3.85. The van der Waals surface area contributed by atoms with Crippen LogP contribution in [0.25, 0.3) is 11.1 Å². The summed E-state index contributed by atoms with van der Waals surface area (Å²) in [4.78, 5) is 0. The van der Waals surface area contributed by atoms with Gasteiger partial charge in [0.05, 0.1) is 0 Å². The molecule has 2 heteroatoms. The molecule has 0 bridgehead atoms. The van der Waals surface area contributed by atoms with E-state index in [2.05, 4.69) is 6.07 Å². The number of aryl methyl sites for hydroxylation is 1. The minimum absolute atomic E-state index is 0.317. The van der Waals surface area contributed by atoms with Crippen molar-refractivity contribution >= 4 is 11.6 Å². The molecule has 0 N–H and O–H groups in total. The first-order valence-electron chi connectivity index (χ1n) is 4.60. The molecule has 0 aliphatic heterocycles. The SMILES string of the molecule is Cc1[c]ccc(-c2cc(F)cc(Cl)c2)c1. The molecule has 0 aliphatic rings. The second kappa shape index (κ2) is 4.03. The average Bonchev–Trinajstić information content (AvgIpc) is 2.16. The largest absolute Gasteiger partial charge is 0.207 e. The molecule has 2 rings (SSSR count). The number of halogens is 2. The second-order valence-electron chi connectivity index (χ2n) is 3.42. The molecule has 0 fully saturated rings. The highest BCUT2D eigenvalue weighted by molar-refractivity contribution is 6.30. The van der Waals surface area contributed by atoms with Crippen LogP contribution in [0.15, 0.2) is 36.4 Å². The molecule has 0 saturated carbocycles. The van der Waals surface area contributed by atoms with Crippen molar-refractivity contribution in [1.29, 1.82) is 0 Å². The summed E-state index contributed by atoms with van der Waals surface area (Å²) in [5.41, 5.74) is 2.76. The van der Waals surface area contributed by atoms with Gasteiger partial charge in [-0.25, -0.2) is 4.39 Å². The van der Waals surface area contributed by atoms with Gasteiger partial charge in [0.2, 0.25) is 0 Å². The number of hydrogen-bond donors (Lipinski definition) is 0. The first-order chi connectivity index (χ1) is 7.15. The number of benzene rings is 2. The Balaban J connectivity index is 2.54. The molecule has 2 aromatic carbocycles. The fourth-order valence-electron chi connectivity index (χ4n) is 1.49. The van der Waals surface area contributed by atoms with Crippen molar-refractivity contribution in [3.63, 3.8) is 0 Å². The molecule has 0 unspecified atom stereocenters. The standard InChI is InChI=1S/C13H9ClF/c1-9-3-2-4-10(5-9)11-6-12(14)8-13(15)7-11/h2,4-8H,1H3. The van der Waals surface area contributed by atoms with Gasteiger partial charge in [-0.05, 0) is 47.9 Å². The number of rotatable bonds is 1. The van der Waals surface area contributed by atoms with E-state index >= 15 is 0 Å². The van der Waals surface area contributed by atoms with Crippen molar-refractivity contribution in [1.82, 2.24) is 0 Å². The first kappa shape index (κ1) is 10.2. The van der Waals surface area contributed by atoms with Crippen LogP contribution >= 0.6 is 11.6 Å². The molecular weight excluding hydrogens is 211 g/mol. The lowest BCUT2D eigenvalue weighted by Gasteiger charge is -2.03. The van der Waals surface area contributed by atoms with Crippen molar-refractivity contribution in [2.45, 2.75) is 6.92 Å². The topological polar surface area (TPSA) is 0 Å². The van der Waals surface area contributed by atoms with Crippen LogP contribution in [0.2, 0.25) is 5.02 Å². The van der Waals surface area contributed by atoms with Crippen LogP contribution in [-0.2, 0) is 0 Å². The van der Waals surface area contributed by atoms with Gasteiger partial charge >= 0.3 is 0 Å². The predicted octanol–water partition coefficient (Wildman–Crippen LogP) is 4.25. The number of hydrogen-bond acceptors (Lipinski definition) is 0. The summed E-state index contributed by atoms with van der Waals surface area (Å²) in [6.07, 6.45) is 0. The molecule has 0 spiro atoms. The summed E-state index contributed by atoms with van der Waals surface area (Å²) in [5.74, 6) is -0.317. The highest BCUT2D eigenvalue weighted by atomic mass is 35.5. The summed E-state index contributed by atoms with van der Waals surface area (Å²) in [6, 6.07) is 13.2. The Labute approximate surface area is 93.3 Å². The minimum Gasteiger partial charge on any atom is -0.207 e. The fraction of sp³-hybridized carbons (Fsp3) is 0.0769. The summed E-state index contributed by atoms with van der Waals surface area (Å²) in [6.45, 7) is 1.95. The zero-order chi connectivity index (χ0) is 10.8. The first-order valence-corrected chi connectivity index (χ1v) is 4.98. The van der Waals surface area contributed by atoms with Gasteiger partial charge in [-0.1, -0.05) is 29.8 Å². The zero-order valence-electron chi connectivity index (χ0n) is 8.22. The van der Waals surface area contributed by atoms with Crippen LogP contribution in [0.1, 0.15) is 5.56 Å². The van der Waals surface area contributed by atoms with Gasteiger partial charge in [0.15, 0.2) is 0 Å². The van der Waals surface area contributed by atoms with Crippen LogP contribution in [0, 0.1) is 18.8 Å². The van der Waals surface area contributed by atoms with Gasteiger partial charge in [-0.2, -0.15) is 0 Å². The van der Waals surface area contributed by atoms with Gasteiger partial charge in [0, 0.05) is 5.02 Å². The quantitative estimate of drug-likeness (QED) is 0.673. The highest BCUT2D eigenvalue weighted by Crippen LogP contribution is 2.24. The van der Waals surface area contributed by atoms with Gasteiger partial charge in [-0.3, -0.25) is 0 Å². The molecule has 0 saturated heterocycles. The maximum atomic E-state index is 13.1. The van der Waals surface area contributed by atoms with E-state index in [1.807, 2.05) is 25.1 Å². The molecule has 0 nitrogen and oxygen atoms in total. The summed E-state index contributed by atoms with van der Waals surface area (Å²) < 4.78 is 13.1. The molecular formula is C13H9ClF. The predicted molar refractivity (Wildman–Crippen MR) is 60.4 cm³/mol. The van der Waals surface area contributed by atoms with Gasteiger partial charge in [0.1, 0.15) is 5.82 Å². The van der Waals surface area contributed by atoms with E-state index in [1.54, 1.807) is 6.07 Å². The Kier molecular flexibility index (Phi) is 2.74. The van der Waals surface area contributed by atoms with Crippen LogP contribution < -0.4 is 0 Å². The summed E-state index contributed by atoms with van der Waals surface area (Å²) in [7, 11) is 0. The van der Waals surface area contributed by atoms with Crippen molar-refractivity contribution in [3.8, 4) is 11.1 Å². The van der Waals surface area contributed by atoms with Crippen molar-refractivity contribution in [2.75, 3.05) is 0 Å².